The maximum Gasteiger partial charge on any atom is 0.254 e. The summed E-state index contributed by atoms with van der Waals surface area (Å²) in [6.07, 6.45) is 3.38. The second-order valence-corrected chi connectivity index (χ2v) is 6.15. The number of carbonyl (C=O) groups is 1. The van der Waals surface area contributed by atoms with Crippen LogP contribution in [0.3, 0.4) is 0 Å². The third-order valence-corrected chi connectivity index (χ3v) is 4.52. The molecular formula is C18H21N3O4. The number of methoxy groups -OCH3 is 1. The molecule has 0 radical (unpaired) electrons. The van der Waals surface area contributed by atoms with Crippen LogP contribution in [0.1, 0.15) is 30.3 Å². The molecule has 1 unspecified atom stereocenters. The molecule has 0 spiro atoms. The van der Waals surface area contributed by atoms with Gasteiger partial charge in [-0.15, -0.1) is 0 Å². The molecule has 0 aromatic carbocycles. The third-order valence-electron chi connectivity index (χ3n) is 4.52. The molecule has 7 heteroatoms. The molecule has 1 saturated heterocycles. The normalized spacial score (nSPS) is 16.9. The van der Waals surface area contributed by atoms with Crippen molar-refractivity contribution >= 4 is 5.91 Å². The Bertz CT molecular complexity index is 829. The second-order valence-electron chi connectivity index (χ2n) is 6.15. The number of hydrogen-bond donors (Lipinski definition) is 1. The van der Waals surface area contributed by atoms with Crippen LogP contribution in [0, 0.1) is 6.92 Å². The molecule has 1 amide bonds. The SMILES string of the molecule is COc1ccc(C2CCCN2C(=O)Cn2c(C)cc(O)cc2=O)nc1. The Labute approximate surface area is 145 Å². The summed E-state index contributed by atoms with van der Waals surface area (Å²) in [4.78, 5) is 31.0. The molecule has 132 valence electrons. The van der Waals surface area contributed by atoms with Gasteiger partial charge in [0.15, 0.2) is 0 Å². The largest absolute Gasteiger partial charge is 0.508 e. The molecule has 2 aromatic heterocycles. The van der Waals surface area contributed by atoms with E-state index in [1.54, 1.807) is 25.1 Å². The molecule has 0 aliphatic carbocycles. The van der Waals surface area contributed by atoms with Crippen molar-refractivity contribution in [3.05, 3.63) is 52.2 Å². The van der Waals surface area contributed by atoms with Crippen LogP contribution in [0.15, 0.2) is 35.3 Å². The highest BCUT2D eigenvalue weighted by Crippen LogP contribution is 2.31. The Kier molecular flexibility index (Phi) is 4.74. The topological polar surface area (TPSA) is 84.7 Å². The Hall–Kier alpha value is -2.83. The lowest BCUT2D eigenvalue weighted by atomic mass is 10.1. The first kappa shape index (κ1) is 17.0. The van der Waals surface area contributed by atoms with Gasteiger partial charge in [-0.1, -0.05) is 0 Å². The van der Waals surface area contributed by atoms with Gasteiger partial charge in [-0.2, -0.15) is 0 Å². The van der Waals surface area contributed by atoms with Gasteiger partial charge in [0.1, 0.15) is 18.0 Å². The van der Waals surface area contributed by atoms with E-state index in [0.29, 0.717) is 18.0 Å². The van der Waals surface area contributed by atoms with E-state index in [2.05, 4.69) is 4.98 Å². The van der Waals surface area contributed by atoms with Crippen LogP contribution in [0.2, 0.25) is 0 Å². The molecule has 1 aliphatic heterocycles. The molecule has 1 atom stereocenters. The summed E-state index contributed by atoms with van der Waals surface area (Å²) in [6.45, 7) is 2.29. The lowest BCUT2D eigenvalue weighted by Gasteiger charge is -2.25. The molecule has 1 fully saturated rings. The molecular weight excluding hydrogens is 322 g/mol. The minimum atomic E-state index is -0.385. The van der Waals surface area contributed by atoms with Crippen molar-refractivity contribution in [3.63, 3.8) is 0 Å². The third kappa shape index (κ3) is 3.50. The summed E-state index contributed by atoms with van der Waals surface area (Å²) in [5, 5.41) is 9.47. The maximum atomic E-state index is 12.8. The highest BCUT2D eigenvalue weighted by atomic mass is 16.5. The van der Waals surface area contributed by atoms with E-state index in [4.69, 9.17) is 4.74 Å². The van der Waals surface area contributed by atoms with Crippen molar-refractivity contribution in [2.75, 3.05) is 13.7 Å². The summed E-state index contributed by atoms with van der Waals surface area (Å²) in [6, 6.07) is 6.20. The first-order chi connectivity index (χ1) is 12.0. The first-order valence-corrected chi connectivity index (χ1v) is 8.19. The van der Waals surface area contributed by atoms with Gasteiger partial charge in [0, 0.05) is 18.3 Å². The predicted molar refractivity (Wildman–Crippen MR) is 91.6 cm³/mol. The fraction of sp³-hybridized carbons (Fsp3) is 0.389. The van der Waals surface area contributed by atoms with Crippen LogP contribution in [0.5, 0.6) is 11.5 Å². The summed E-state index contributed by atoms with van der Waals surface area (Å²) in [5.41, 5.74) is 0.988. The molecule has 3 rings (SSSR count). The number of pyridine rings is 2. The number of aromatic hydroxyl groups is 1. The van der Waals surface area contributed by atoms with Crippen molar-refractivity contribution < 1.29 is 14.6 Å². The number of likely N-dealkylation sites (tertiary alicyclic amines) is 1. The first-order valence-electron chi connectivity index (χ1n) is 8.19. The van der Waals surface area contributed by atoms with Crippen molar-refractivity contribution in [2.24, 2.45) is 0 Å². The van der Waals surface area contributed by atoms with Crippen molar-refractivity contribution in [1.29, 1.82) is 0 Å². The van der Waals surface area contributed by atoms with E-state index in [9.17, 15) is 14.7 Å². The quantitative estimate of drug-likeness (QED) is 0.912. The van der Waals surface area contributed by atoms with Gasteiger partial charge in [0.2, 0.25) is 5.91 Å². The van der Waals surface area contributed by atoms with Crippen molar-refractivity contribution in [1.82, 2.24) is 14.5 Å². The maximum absolute atomic E-state index is 12.8. The van der Waals surface area contributed by atoms with E-state index in [1.165, 1.54) is 10.6 Å². The van der Waals surface area contributed by atoms with Crippen LogP contribution in [-0.2, 0) is 11.3 Å². The van der Waals surface area contributed by atoms with E-state index in [1.807, 2.05) is 12.1 Å². The van der Waals surface area contributed by atoms with Gasteiger partial charge < -0.3 is 19.3 Å². The van der Waals surface area contributed by atoms with Crippen LogP contribution < -0.4 is 10.3 Å². The van der Waals surface area contributed by atoms with Gasteiger partial charge in [-0.25, -0.2) is 0 Å². The minimum Gasteiger partial charge on any atom is -0.508 e. The number of nitrogens with zero attached hydrogens (tertiary/aromatic N) is 3. The molecule has 25 heavy (non-hydrogen) atoms. The summed E-state index contributed by atoms with van der Waals surface area (Å²) >= 11 is 0. The van der Waals surface area contributed by atoms with Crippen LogP contribution in [0.4, 0.5) is 0 Å². The molecule has 1 N–H and O–H groups in total. The Morgan fingerprint density at radius 2 is 2.20 bits per heavy atom. The molecule has 0 bridgehead atoms. The number of aryl methyl sites for hydroxylation is 1. The predicted octanol–water partition coefficient (Wildman–Crippen LogP) is 1.63. The number of carbonyl (C=O) groups excluding carboxylic acids is 1. The molecule has 2 aromatic rings. The summed E-state index contributed by atoms with van der Waals surface area (Å²) < 4.78 is 6.49. The Balaban J connectivity index is 1.80. The zero-order valence-electron chi connectivity index (χ0n) is 14.3. The Morgan fingerprint density at radius 1 is 1.40 bits per heavy atom. The lowest BCUT2D eigenvalue weighted by molar-refractivity contribution is -0.132. The molecule has 0 saturated carbocycles. The zero-order chi connectivity index (χ0) is 18.0. The smallest absolute Gasteiger partial charge is 0.254 e. The minimum absolute atomic E-state index is 0.0440. The lowest BCUT2D eigenvalue weighted by Crippen LogP contribution is -2.36. The average molecular weight is 343 g/mol. The van der Waals surface area contributed by atoms with Gasteiger partial charge in [0.25, 0.3) is 5.56 Å². The monoisotopic (exact) mass is 343 g/mol. The summed E-state index contributed by atoms with van der Waals surface area (Å²) in [7, 11) is 1.58. The number of hydrogen-bond acceptors (Lipinski definition) is 5. The van der Waals surface area contributed by atoms with Gasteiger partial charge in [0.05, 0.1) is 25.0 Å². The highest BCUT2D eigenvalue weighted by molar-refractivity contribution is 5.77. The Morgan fingerprint density at radius 3 is 2.84 bits per heavy atom. The zero-order valence-corrected chi connectivity index (χ0v) is 14.3. The van der Waals surface area contributed by atoms with Gasteiger partial charge in [-0.05, 0) is 38.0 Å². The highest BCUT2D eigenvalue weighted by Gasteiger charge is 2.31. The van der Waals surface area contributed by atoms with Gasteiger partial charge in [-0.3, -0.25) is 14.6 Å². The van der Waals surface area contributed by atoms with Crippen LogP contribution in [-0.4, -0.2) is 39.1 Å². The van der Waals surface area contributed by atoms with Crippen molar-refractivity contribution in [2.45, 2.75) is 32.4 Å². The number of rotatable bonds is 4. The number of aromatic nitrogens is 2. The van der Waals surface area contributed by atoms with E-state index < -0.39 is 0 Å². The van der Waals surface area contributed by atoms with E-state index in [0.717, 1.165) is 24.6 Å². The van der Waals surface area contributed by atoms with Crippen molar-refractivity contribution in [3.8, 4) is 11.5 Å². The fourth-order valence-corrected chi connectivity index (χ4v) is 3.22. The van der Waals surface area contributed by atoms with Gasteiger partial charge >= 0.3 is 0 Å². The molecule has 3 heterocycles. The van der Waals surface area contributed by atoms with E-state index in [-0.39, 0.29) is 29.8 Å². The molecule has 7 nitrogen and oxygen atoms in total. The number of amides is 1. The van der Waals surface area contributed by atoms with Crippen LogP contribution >= 0.6 is 0 Å². The fourth-order valence-electron chi connectivity index (χ4n) is 3.22. The average Bonchev–Trinajstić information content (AvgIpc) is 3.07. The second kappa shape index (κ2) is 6.96. The van der Waals surface area contributed by atoms with E-state index >= 15 is 0 Å². The van der Waals surface area contributed by atoms with Crippen LogP contribution in [0.25, 0.3) is 0 Å². The summed E-state index contributed by atoms with van der Waals surface area (Å²) in [5.74, 6) is 0.453. The molecule has 1 aliphatic rings. The standard InChI is InChI=1S/C18H21N3O4/c1-12-8-13(22)9-17(23)21(12)11-18(24)20-7-3-4-16(20)15-6-5-14(25-2)10-19-15/h5-6,8-10,16,22H,3-4,7,11H2,1-2H3. The number of ether oxygens (including phenoxy) is 1.